The van der Waals surface area contributed by atoms with E-state index in [9.17, 15) is 0 Å². The molecule has 0 aromatic heterocycles. The zero-order chi connectivity index (χ0) is 12.0. The number of hydrogen-bond donors (Lipinski definition) is 3. The summed E-state index contributed by atoms with van der Waals surface area (Å²) in [4.78, 5) is 0. The van der Waals surface area contributed by atoms with Gasteiger partial charge in [-0.3, -0.25) is 0 Å². The van der Waals surface area contributed by atoms with Crippen molar-refractivity contribution in [1.82, 2.24) is 0 Å². The monoisotopic (exact) mass is 219 g/mol. The Morgan fingerprint density at radius 2 is 2.06 bits per heavy atom. The van der Waals surface area contributed by atoms with Crippen molar-refractivity contribution in [3.63, 3.8) is 0 Å². The van der Waals surface area contributed by atoms with Gasteiger partial charge in [0.25, 0.3) is 0 Å². The first-order chi connectivity index (χ1) is 7.69. The summed E-state index contributed by atoms with van der Waals surface area (Å²) in [6.45, 7) is 1.88. The van der Waals surface area contributed by atoms with E-state index in [1.54, 1.807) is 7.11 Å². The molecule has 0 aliphatic carbocycles. The van der Waals surface area contributed by atoms with Crippen LogP contribution in [-0.4, -0.2) is 19.4 Å². The lowest BCUT2D eigenvalue weighted by Crippen LogP contribution is -2.22. The molecule has 4 heteroatoms. The van der Waals surface area contributed by atoms with Crippen molar-refractivity contribution in [2.24, 2.45) is 5.73 Å². The molecule has 86 valence electrons. The molecule has 0 heterocycles. The number of methoxy groups -OCH3 is 1. The Labute approximate surface area is 95.6 Å². The normalized spacial score (nSPS) is 13.9. The molecule has 1 aromatic carbocycles. The van der Waals surface area contributed by atoms with E-state index in [0.29, 0.717) is 11.4 Å². The average molecular weight is 219 g/mol. The molecule has 0 saturated heterocycles. The summed E-state index contributed by atoms with van der Waals surface area (Å²) in [5.74, 6) is 0. The SMILES string of the molecule is CO[C@@H](C)/C(Nc1ccccc1)=C(\N)C=N. The van der Waals surface area contributed by atoms with Gasteiger partial charge in [-0.05, 0) is 19.1 Å². The summed E-state index contributed by atoms with van der Waals surface area (Å²) in [6.07, 6.45) is 0.933. The van der Waals surface area contributed by atoms with Crippen molar-refractivity contribution < 1.29 is 4.74 Å². The lowest BCUT2D eigenvalue weighted by Gasteiger charge is -2.18. The summed E-state index contributed by atoms with van der Waals surface area (Å²) in [7, 11) is 1.61. The molecule has 0 saturated carbocycles. The van der Waals surface area contributed by atoms with Gasteiger partial charge in [0, 0.05) is 19.0 Å². The van der Waals surface area contributed by atoms with Crippen LogP contribution in [0.2, 0.25) is 0 Å². The van der Waals surface area contributed by atoms with Gasteiger partial charge in [-0.25, -0.2) is 0 Å². The molecule has 4 nitrogen and oxygen atoms in total. The summed E-state index contributed by atoms with van der Waals surface area (Å²) in [5, 5.41) is 10.3. The molecule has 1 rings (SSSR count). The molecular formula is C12H17N3O. The maximum atomic E-state index is 7.17. The van der Waals surface area contributed by atoms with Gasteiger partial charge in [0.15, 0.2) is 0 Å². The van der Waals surface area contributed by atoms with Crippen LogP contribution in [0.1, 0.15) is 6.92 Å². The number of rotatable bonds is 5. The van der Waals surface area contributed by atoms with Gasteiger partial charge < -0.3 is 21.2 Å². The number of nitrogens with one attached hydrogen (secondary N) is 2. The zero-order valence-electron chi connectivity index (χ0n) is 9.53. The summed E-state index contributed by atoms with van der Waals surface area (Å²) >= 11 is 0. The molecule has 1 aromatic rings. The minimum atomic E-state index is -0.179. The lowest BCUT2D eigenvalue weighted by molar-refractivity contribution is 0.147. The third kappa shape index (κ3) is 3.10. The first kappa shape index (κ1) is 12.3. The first-order valence-electron chi connectivity index (χ1n) is 5.04. The van der Waals surface area contributed by atoms with Crippen molar-refractivity contribution in [2.45, 2.75) is 13.0 Å². The molecule has 0 radical (unpaired) electrons. The van der Waals surface area contributed by atoms with E-state index in [-0.39, 0.29) is 6.10 Å². The molecule has 0 fully saturated rings. The summed E-state index contributed by atoms with van der Waals surface area (Å²) in [5.41, 5.74) is 7.73. The van der Waals surface area contributed by atoms with Gasteiger partial charge in [-0.1, -0.05) is 18.2 Å². The molecule has 0 unspecified atom stereocenters. The fraction of sp³-hybridized carbons (Fsp3) is 0.250. The lowest BCUT2D eigenvalue weighted by atomic mass is 10.2. The third-order valence-electron chi connectivity index (χ3n) is 2.28. The van der Waals surface area contributed by atoms with Crippen LogP contribution in [0, 0.1) is 5.41 Å². The van der Waals surface area contributed by atoms with Crippen LogP contribution in [0.25, 0.3) is 0 Å². The molecule has 16 heavy (non-hydrogen) atoms. The van der Waals surface area contributed by atoms with Crippen LogP contribution >= 0.6 is 0 Å². The van der Waals surface area contributed by atoms with Gasteiger partial charge in [0.2, 0.25) is 0 Å². The molecule has 0 bridgehead atoms. The average Bonchev–Trinajstić information content (AvgIpc) is 2.35. The Kier molecular flexibility index (Phi) is 4.54. The fourth-order valence-corrected chi connectivity index (χ4v) is 1.28. The molecule has 4 N–H and O–H groups in total. The Morgan fingerprint density at radius 3 is 2.56 bits per heavy atom. The predicted octanol–water partition coefficient (Wildman–Crippen LogP) is 1.95. The second-order valence-electron chi connectivity index (χ2n) is 3.38. The molecule has 0 amide bonds. The smallest absolute Gasteiger partial charge is 0.0962 e. The first-order valence-corrected chi connectivity index (χ1v) is 5.04. The molecular weight excluding hydrogens is 202 g/mol. The molecule has 1 atom stereocenters. The second-order valence-corrected chi connectivity index (χ2v) is 3.38. The quantitative estimate of drug-likeness (QED) is 0.663. The predicted molar refractivity (Wildman–Crippen MR) is 66.5 cm³/mol. The highest BCUT2D eigenvalue weighted by Gasteiger charge is 2.11. The van der Waals surface area contributed by atoms with Gasteiger partial charge in [0.05, 0.1) is 17.5 Å². The Bertz CT molecular complexity index is 373. The number of para-hydroxylation sites is 1. The van der Waals surface area contributed by atoms with E-state index < -0.39 is 0 Å². The number of anilines is 1. The van der Waals surface area contributed by atoms with E-state index in [1.165, 1.54) is 0 Å². The van der Waals surface area contributed by atoms with Gasteiger partial charge in [-0.2, -0.15) is 0 Å². The van der Waals surface area contributed by atoms with Gasteiger partial charge in [0.1, 0.15) is 0 Å². The standard InChI is InChI=1S/C12H17N3O/c1-9(16-2)12(11(14)8-13)15-10-6-4-3-5-7-10/h3-9,13,15H,14H2,1-2H3/b12-11+,13-8?/t9-/m0/s1. The van der Waals surface area contributed by atoms with Gasteiger partial charge in [-0.15, -0.1) is 0 Å². The second kappa shape index (κ2) is 5.92. The Morgan fingerprint density at radius 1 is 1.44 bits per heavy atom. The summed E-state index contributed by atoms with van der Waals surface area (Å²) < 4.78 is 5.20. The number of benzene rings is 1. The van der Waals surface area contributed by atoms with Crippen LogP contribution < -0.4 is 11.1 Å². The number of ether oxygens (including phenoxy) is 1. The van der Waals surface area contributed by atoms with E-state index in [0.717, 1.165) is 11.9 Å². The maximum Gasteiger partial charge on any atom is 0.0962 e. The zero-order valence-corrected chi connectivity index (χ0v) is 9.53. The minimum absolute atomic E-state index is 0.179. The van der Waals surface area contributed by atoms with Crippen molar-refractivity contribution >= 4 is 11.9 Å². The van der Waals surface area contributed by atoms with Crippen LogP contribution in [0.3, 0.4) is 0 Å². The highest BCUT2D eigenvalue weighted by Crippen LogP contribution is 2.14. The molecule has 0 aliphatic rings. The van der Waals surface area contributed by atoms with Crippen molar-refractivity contribution in [3.8, 4) is 0 Å². The van der Waals surface area contributed by atoms with Crippen molar-refractivity contribution in [2.75, 3.05) is 12.4 Å². The van der Waals surface area contributed by atoms with E-state index in [1.807, 2.05) is 37.3 Å². The Hall–Kier alpha value is -1.81. The topological polar surface area (TPSA) is 71.1 Å². The minimum Gasteiger partial charge on any atom is -0.396 e. The van der Waals surface area contributed by atoms with E-state index in [4.69, 9.17) is 15.9 Å². The Balaban J connectivity index is 2.93. The van der Waals surface area contributed by atoms with Crippen molar-refractivity contribution in [3.05, 3.63) is 41.7 Å². The van der Waals surface area contributed by atoms with E-state index in [2.05, 4.69) is 5.32 Å². The van der Waals surface area contributed by atoms with E-state index >= 15 is 0 Å². The number of allylic oxidation sites excluding steroid dienone is 1. The number of hydrogen-bond acceptors (Lipinski definition) is 4. The maximum absolute atomic E-state index is 7.17. The fourth-order valence-electron chi connectivity index (χ4n) is 1.28. The highest BCUT2D eigenvalue weighted by molar-refractivity contribution is 5.77. The molecule has 0 aliphatic heterocycles. The van der Waals surface area contributed by atoms with Crippen LogP contribution in [0.5, 0.6) is 0 Å². The highest BCUT2D eigenvalue weighted by atomic mass is 16.5. The van der Waals surface area contributed by atoms with Gasteiger partial charge >= 0.3 is 0 Å². The number of nitrogens with two attached hydrogens (primary N) is 1. The van der Waals surface area contributed by atoms with Crippen LogP contribution in [0.15, 0.2) is 41.7 Å². The van der Waals surface area contributed by atoms with Crippen LogP contribution in [-0.2, 0) is 4.74 Å². The molecule has 0 spiro atoms. The summed E-state index contributed by atoms with van der Waals surface area (Å²) in [6, 6.07) is 9.66. The third-order valence-corrected chi connectivity index (χ3v) is 2.28. The van der Waals surface area contributed by atoms with Crippen LogP contribution in [0.4, 0.5) is 5.69 Å². The van der Waals surface area contributed by atoms with Crippen molar-refractivity contribution in [1.29, 1.82) is 5.41 Å². The largest absolute Gasteiger partial charge is 0.396 e.